The predicted molar refractivity (Wildman–Crippen MR) is 74.4 cm³/mol. The lowest BCUT2D eigenvalue weighted by Gasteiger charge is -2.14. The largest absolute Gasteiger partial charge is 0.619 e. The van der Waals surface area contributed by atoms with Crippen molar-refractivity contribution in [3.63, 3.8) is 0 Å². The van der Waals surface area contributed by atoms with Crippen LogP contribution in [0.15, 0.2) is 54.9 Å². The number of nitrogens with zero attached hydrogens (tertiary/aromatic N) is 1. The molecule has 1 heterocycles. The Bertz CT molecular complexity index is 643. The van der Waals surface area contributed by atoms with Crippen LogP contribution in [0.25, 0.3) is 0 Å². The second-order valence-electron chi connectivity index (χ2n) is 4.51. The maximum absolute atomic E-state index is 12.0. The van der Waals surface area contributed by atoms with Gasteiger partial charge in [0.1, 0.15) is 11.6 Å². The minimum absolute atomic E-state index is 0.117. The molecule has 0 bridgehead atoms. The van der Waals surface area contributed by atoms with Gasteiger partial charge in [-0.15, -0.1) is 0 Å². The highest BCUT2D eigenvalue weighted by Crippen LogP contribution is 2.05. The van der Waals surface area contributed by atoms with Gasteiger partial charge < -0.3 is 15.6 Å². The van der Waals surface area contributed by atoms with Gasteiger partial charge in [-0.05, 0) is 11.6 Å². The van der Waals surface area contributed by atoms with E-state index in [0.717, 1.165) is 11.8 Å². The second-order valence-corrected chi connectivity index (χ2v) is 4.51. The molecule has 1 unspecified atom stereocenters. The molecule has 2 N–H and O–H groups in total. The Balaban J connectivity index is 2.10. The number of aliphatic carboxylic acids is 1. The Morgan fingerprint density at radius 1 is 1.19 bits per heavy atom. The molecule has 0 aliphatic carbocycles. The fourth-order valence-electron chi connectivity index (χ4n) is 1.88. The third kappa shape index (κ3) is 4.04. The fourth-order valence-corrected chi connectivity index (χ4v) is 1.88. The van der Waals surface area contributed by atoms with Crippen molar-refractivity contribution in [1.29, 1.82) is 0 Å². The first-order valence-electron chi connectivity index (χ1n) is 6.32. The lowest BCUT2D eigenvalue weighted by Crippen LogP contribution is -2.43. The van der Waals surface area contributed by atoms with Gasteiger partial charge in [-0.1, -0.05) is 30.3 Å². The van der Waals surface area contributed by atoms with Gasteiger partial charge in [0.25, 0.3) is 5.91 Å². The minimum atomic E-state index is -1.13. The summed E-state index contributed by atoms with van der Waals surface area (Å²) in [5, 5.41) is 22.7. The summed E-state index contributed by atoms with van der Waals surface area (Å²) >= 11 is 0. The molecule has 1 aromatic heterocycles. The summed E-state index contributed by atoms with van der Waals surface area (Å²) in [5.74, 6) is -1.72. The van der Waals surface area contributed by atoms with Crippen molar-refractivity contribution in [2.75, 3.05) is 0 Å². The molecule has 108 valence electrons. The first-order valence-corrected chi connectivity index (χ1v) is 6.32. The van der Waals surface area contributed by atoms with Crippen molar-refractivity contribution in [2.45, 2.75) is 12.5 Å². The third-order valence-electron chi connectivity index (χ3n) is 2.92. The molecule has 0 aliphatic rings. The quantitative estimate of drug-likeness (QED) is 0.626. The Labute approximate surface area is 121 Å². The Morgan fingerprint density at radius 3 is 2.52 bits per heavy atom. The smallest absolute Gasteiger partial charge is 0.326 e. The molecule has 0 saturated heterocycles. The first-order chi connectivity index (χ1) is 10.1. The van der Waals surface area contributed by atoms with Gasteiger partial charge in [0, 0.05) is 12.5 Å². The SMILES string of the molecule is O=C(NC(Cc1ccccc1)C(=O)O)c1ccc[n+]([O-])c1. The van der Waals surface area contributed by atoms with E-state index in [0.29, 0.717) is 4.73 Å². The van der Waals surface area contributed by atoms with Crippen LogP contribution in [0.2, 0.25) is 0 Å². The molecule has 0 saturated carbocycles. The second kappa shape index (κ2) is 6.51. The summed E-state index contributed by atoms with van der Waals surface area (Å²) in [6, 6.07) is 10.8. The van der Waals surface area contributed by atoms with E-state index in [1.807, 2.05) is 6.07 Å². The van der Waals surface area contributed by atoms with E-state index in [4.69, 9.17) is 0 Å². The van der Waals surface area contributed by atoms with Crippen molar-refractivity contribution in [2.24, 2.45) is 0 Å². The molecule has 6 nitrogen and oxygen atoms in total. The summed E-state index contributed by atoms with van der Waals surface area (Å²) in [6.45, 7) is 0. The number of aromatic nitrogens is 1. The number of pyridine rings is 1. The Kier molecular flexibility index (Phi) is 4.50. The summed E-state index contributed by atoms with van der Waals surface area (Å²) in [5.41, 5.74) is 0.920. The minimum Gasteiger partial charge on any atom is -0.619 e. The number of carboxylic acids is 1. The van der Waals surface area contributed by atoms with E-state index in [2.05, 4.69) is 5.32 Å². The molecule has 0 aliphatic heterocycles. The molecular weight excluding hydrogens is 272 g/mol. The van der Waals surface area contributed by atoms with Crippen LogP contribution in [0, 0.1) is 5.21 Å². The zero-order chi connectivity index (χ0) is 15.2. The zero-order valence-electron chi connectivity index (χ0n) is 11.1. The van der Waals surface area contributed by atoms with Crippen molar-refractivity contribution < 1.29 is 19.4 Å². The van der Waals surface area contributed by atoms with Gasteiger partial charge in [-0.25, -0.2) is 4.79 Å². The van der Waals surface area contributed by atoms with E-state index >= 15 is 0 Å². The Morgan fingerprint density at radius 2 is 1.90 bits per heavy atom. The zero-order valence-corrected chi connectivity index (χ0v) is 11.1. The summed E-state index contributed by atoms with van der Waals surface area (Å²) in [7, 11) is 0. The topological polar surface area (TPSA) is 93.3 Å². The van der Waals surface area contributed by atoms with Crippen LogP contribution in [-0.2, 0) is 11.2 Å². The van der Waals surface area contributed by atoms with Crippen LogP contribution < -0.4 is 10.0 Å². The maximum atomic E-state index is 12.0. The molecule has 1 atom stereocenters. The lowest BCUT2D eigenvalue weighted by molar-refractivity contribution is -0.605. The highest BCUT2D eigenvalue weighted by atomic mass is 16.5. The number of carbonyl (C=O) groups excluding carboxylic acids is 1. The number of carbonyl (C=O) groups is 2. The number of benzene rings is 1. The van der Waals surface area contributed by atoms with Crippen molar-refractivity contribution in [3.8, 4) is 0 Å². The summed E-state index contributed by atoms with van der Waals surface area (Å²) in [4.78, 5) is 23.2. The summed E-state index contributed by atoms with van der Waals surface area (Å²) in [6.07, 6.45) is 2.51. The molecule has 1 amide bonds. The van der Waals surface area contributed by atoms with Gasteiger partial charge in [0.2, 0.25) is 0 Å². The Hall–Kier alpha value is -2.89. The molecule has 1 aromatic carbocycles. The van der Waals surface area contributed by atoms with Crippen LogP contribution in [-0.4, -0.2) is 23.0 Å². The van der Waals surface area contributed by atoms with Gasteiger partial charge in [0.15, 0.2) is 12.4 Å². The van der Waals surface area contributed by atoms with E-state index in [-0.39, 0.29) is 12.0 Å². The average molecular weight is 286 g/mol. The number of hydrogen-bond acceptors (Lipinski definition) is 3. The number of nitrogens with one attached hydrogen (secondary N) is 1. The number of amides is 1. The van der Waals surface area contributed by atoms with E-state index in [1.165, 1.54) is 18.3 Å². The molecule has 2 rings (SSSR count). The highest BCUT2D eigenvalue weighted by molar-refractivity contribution is 5.96. The highest BCUT2D eigenvalue weighted by Gasteiger charge is 2.21. The van der Waals surface area contributed by atoms with Crippen molar-refractivity contribution >= 4 is 11.9 Å². The molecule has 0 fully saturated rings. The van der Waals surface area contributed by atoms with Gasteiger partial charge in [-0.2, -0.15) is 4.73 Å². The van der Waals surface area contributed by atoms with Crippen molar-refractivity contribution in [3.05, 3.63) is 71.2 Å². The average Bonchev–Trinajstić information content (AvgIpc) is 2.47. The number of carboxylic acid groups (broad SMARTS) is 1. The first kappa shape index (κ1) is 14.5. The van der Waals surface area contributed by atoms with E-state index in [9.17, 15) is 19.9 Å². The lowest BCUT2D eigenvalue weighted by atomic mass is 10.1. The molecular formula is C15H14N2O4. The standard InChI is InChI=1S/C15H14N2O4/c18-14(12-7-4-8-17(21)10-12)16-13(15(19)20)9-11-5-2-1-3-6-11/h1-8,10,13H,9H2,(H,16,18)(H,19,20). The predicted octanol–water partition coefficient (Wildman–Crippen LogP) is 0.746. The van der Waals surface area contributed by atoms with Crippen molar-refractivity contribution in [1.82, 2.24) is 5.32 Å². The fraction of sp³-hybridized carbons (Fsp3) is 0.133. The van der Waals surface area contributed by atoms with Crippen LogP contribution in [0.5, 0.6) is 0 Å². The van der Waals surface area contributed by atoms with Gasteiger partial charge in [-0.3, -0.25) is 4.79 Å². The van der Waals surface area contributed by atoms with E-state index < -0.39 is 17.9 Å². The van der Waals surface area contributed by atoms with Crippen LogP contribution in [0.1, 0.15) is 15.9 Å². The normalized spacial score (nSPS) is 11.6. The third-order valence-corrected chi connectivity index (χ3v) is 2.92. The molecule has 0 spiro atoms. The maximum Gasteiger partial charge on any atom is 0.326 e. The molecule has 0 radical (unpaired) electrons. The van der Waals surface area contributed by atoms with Crippen LogP contribution in [0.3, 0.4) is 0 Å². The number of rotatable bonds is 5. The van der Waals surface area contributed by atoms with Gasteiger partial charge in [0.05, 0.1) is 0 Å². The van der Waals surface area contributed by atoms with E-state index in [1.54, 1.807) is 24.3 Å². The molecule has 2 aromatic rings. The molecule has 21 heavy (non-hydrogen) atoms. The van der Waals surface area contributed by atoms with Gasteiger partial charge >= 0.3 is 5.97 Å². The van der Waals surface area contributed by atoms with Crippen LogP contribution in [0.4, 0.5) is 0 Å². The summed E-state index contributed by atoms with van der Waals surface area (Å²) < 4.78 is 0.488. The molecule has 6 heteroatoms. The number of hydrogen-bond donors (Lipinski definition) is 2. The monoisotopic (exact) mass is 286 g/mol. The van der Waals surface area contributed by atoms with Crippen LogP contribution >= 0.6 is 0 Å².